The van der Waals surface area contributed by atoms with Crippen molar-refractivity contribution in [1.29, 1.82) is 0 Å². The van der Waals surface area contributed by atoms with Gasteiger partial charge in [0.15, 0.2) is 0 Å². The molecule has 0 aliphatic rings. The summed E-state index contributed by atoms with van der Waals surface area (Å²) in [4.78, 5) is 13.8. The molecule has 6 heteroatoms. The van der Waals surface area contributed by atoms with Gasteiger partial charge in [-0.25, -0.2) is 0 Å². The molecule has 0 N–H and O–H groups in total. The smallest absolute Gasteiger partial charge is 0.406 e. The molecule has 0 spiro atoms. The normalized spacial score (nSPS) is 10.8. The van der Waals surface area contributed by atoms with Crippen LogP contribution >= 0.6 is 0 Å². The van der Waals surface area contributed by atoms with E-state index in [-0.39, 0.29) is 18.1 Å². The monoisotopic (exact) mass is 333 g/mol. The SMILES string of the molecule is CC.CCN(CC(C)C)C(=O)Cc1ccc(OC(F)(F)F)cc1. The molecule has 0 bridgehead atoms. The Morgan fingerprint density at radius 2 is 1.70 bits per heavy atom. The van der Waals surface area contributed by atoms with Crippen LogP contribution in [0.25, 0.3) is 0 Å². The first kappa shape index (κ1) is 21.3. The number of nitrogens with zero attached hydrogens (tertiary/aromatic N) is 1. The van der Waals surface area contributed by atoms with E-state index in [0.29, 0.717) is 24.6 Å². The van der Waals surface area contributed by atoms with Crippen LogP contribution in [0.3, 0.4) is 0 Å². The molecule has 1 aromatic rings. The quantitative estimate of drug-likeness (QED) is 0.758. The summed E-state index contributed by atoms with van der Waals surface area (Å²) in [5.74, 6) is 0.0559. The van der Waals surface area contributed by atoms with Crippen molar-refractivity contribution in [3.63, 3.8) is 0 Å². The molecule has 1 amide bonds. The minimum absolute atomic E-state index is 0.0318. The number of carbonyl (C=O) groups excluding carboxylic acids is 1. The highest BCUT2D eigenvalue weighted by Crippen LogP contribution is 2.22. The van der Waals surface area contributed by atoms with Crippen LogP contribution in [0.2, 0.25) is 0 Å². The molecule has 0 aromatic heterocycles. The molecule has 132 valence electrons. The molecule has 1 aromatic carbocycles. The lowest BCUT2D eigenvalue weighted by Gasteiger charge is -2.23. The maximum absolute atomic E-state index is 12.1. The number of ether oxygens (including phenoxy) is 1. The van der Waals surface area contributed by atoms with Crippen LogP contribution in [0, 0.1) is 5.92 Å². The van der Waals surface area contributed by atoms with E-state index in [0.717, 1.165) is 0 Å². The highest BCUT2D eigenvalue weighted by Gasteiger charge is 2.30. The second-order valence-corrected chi connectivity index (χ2v) is 5.19. The summed E-state index contributed by atoms with van der Waals surface area (Å²) in [6.07, 6.45) is -4.53. The topological polar surface area (TPSA) is 29.5 Å². The van der Waals surface area contributed by atoms with Crippen molar-refractivity contribution in [1.82, 2.24) is 4.90 Å². The highest BCUT2D eigenvalue weighted by molar-refractivity contribution is 5.78. The van der Waals surface area contributed by atoms with Crippen LogP contribution in [0.15, 0.2) is 24.3 Å². The van der Waals surface area contributed by atoms with E-state index >= 15 is 0 Å². The number of hydrogen-bond donors (Lipinski definition) is 0. The first-order valence-electron chi connectivity index (χ1n) is 7.83. The molecule has 0 saturated carbocycles. The predicted molar refractivity (Wildman–Crippen MR) is 85.3 cm³/mol. The molecule has 1 rings (SSSR count). The largest absolute Gasteiger partial charge is 0.573 e. The summed E-state index contributed by atoms with van der Waals surface area (Å²) >= 11 is 0. The zero-order valence-corrected chi connectivity index (χ0v) is 14.4. The van der Waals surface area contributed by atoms with Crippen molar-refractivity contribution in [2.24, 2.45) is 5.92 Å². The van der Waals surface area contributed by atoms with Crippen molar-refractivity contribution < 1.29 is 22.7 Å². The predicted octanol–water partition coefficient (Wildman–Crippen LogP) is 4.66. The molecular formula is C17H26F3NO2. The van der Waals surface area contributed by atoms with Crippen LogP contribution in [0.5, 0.6) is 5.75 Å². The molecule has 0 unspecified atom stereocenters. The summed E-state index contributed by atoms with van der Waals surface area (Å²) in [5.41, 5.74) is 0.664. The molecule has 0 fully saturated rings. The van der Waals surface area contributed by atoms with Gasteiger partial charge in [0, 0.05) is 13.1 Å². The number of hydrogen-bond acceptors (Lipinski definition) is 2. The van der Waals surface area contributed by atoms with Gasteiger partial charge in [-0.05, 0) is 30.5 Å². The third-order valence-corrected chi connectivity index (χ3v) is 2.83. The Hall–Kier alpha value is -1.72. The molecule has 3 nitrogen and oxygen atoms in total. The first-order valence-corrected chi connectivity index (χ1v) is 7.83. The minimum Gasteiger partial charge on any atom is -0.406 e. The van der Waals surface area contributed by atoms with Crippen molar-refractivity contribution in [3.8, 4) is 5.75 Å². The number of alkyl halides is 3. The van der Waals surface area contributed by atoms with E-state index in [4.69, 9.17) is 0 Å². The third-order valence-electron chi connectivity index (χ3n) is 2.83. The zero-order chi connectivity index (χ0) is 18.0. The molecule has 23 heavy (non-hydrogen) atoms. The molecule has 0 heterocycles. The van der Waals surface area contributed by atoms with Crippen LogP contribution in [0.4, 0.5) is 13.2 Å². The Kier molecular flexibility index (Phi) is 9.37. The summed E-state index contributed by atoms with van der Waals surface area (Å²) in [7, 11) is 0. The Labute approximate surface area is 136 Å². The van der Waals surface area contributed by atoms with Gasteiger partial charge in [0.05, 0.1) is 6.42 Å². The number of halogens is 3. The molecule has 0 aliphatic heterocycles. The zero-order valence-electron chi connectivity index (χ0n) is 14.4. The van der Waals surface area contributed by atoms with Gasteiger partial charge in [-0.3, -0.25) is 4.79 Å². The van der Waals surface area contributed by atoms with Gasteiger partial charge in [0.1, 0.15) is 5.75 Å². The molecule has 0 atom stereocenters. The third kappa shape index (κ3) is 9.11. The van der Waals surface area contributed by atoms with Gasteiger partial charge in [-0.15, -0.1) is 13.2 Å². The van der Waals surface area contributed by atoms with Crippen LogP contribution in [0.1, 0.15) is 40.2 Å². The lowest BCUT2D eigenvalue weighted by molar-refractivity contribution is -0.274. The maximum Gasteiger partial charge on any atom is 0.573 e. The number of amides is 1. The Morgan fingerprint density at radius 3 is 2.09 bits per heavy atom. The van der Waals surface area contributed by atoms with Crippen molar-refractivity contribution in [2.45, 2.75) is 47.4 Å². The van der Waals surface area contributed by atoms with Gasteiger partial charge in [-0.2, -0.15) is 0 Å². The van der Waals surface area contributed by atoms with E-state index in [2.05, 4.69) is 4.74 Å². The Balaban J connectivity index is 0.00000232. The summed E-state index contributed by atoms with van der Waals surface area (Å²) in [5, 5.41) is 0. The summed E-state index contributed by atoms with van der Waals surface area (Å²) in [6.45, 7) is 11.2. The first-order chi connectivity index (χ1) is 10.7. The second kappa shape index (κ2) is 10.1. The van der Waals surface area contributed by atoms with E-state index in [9.17, 15) is 18.0 Å². The van der Waals surface area contributed by atoms with Gasteiger partial charge >= 0.3 is 6.36 Å². The molecular weight excluding hydrogens is 307 g/mol. The number of rotatable bonds is 6. The van der Waals surface area contributed by atoms with Crippen molar-refractivity contribution in [3.05, 3.63) is 29.8 Å². The fraction of sp³-hybridized carbons (Fsp3) is 0.588. The average molecular weight is 333 g/mol. The van der Waals surface area contributed by atoms with Crippen molar-refractivity contribution >= 4 is 5.91 Å². The van der Waals surface area contributed by atoms with Crippen LogP contribution < -0.4 is 4.74 Å². The molecule has 0 aliphatic carbocycles. The number of likely N-dealkylation sites (N-methyl/N-ethyl adjacent to an activating group) is 1. The average Bonchev–Trinajstić information content (AvgIpc) is 2.47. The van der Waals surface area contributed by atoms with E-state index in [1.165, 1.54) is 24.3 Å². The standard InChI is InChI=1S/C15H20F3NO2.C2H6/c1-4-19(10-11(2)3)14(20)9-12-5-7-13(8-6-12)21-15(16,17)18;1-2/h5-8,11H,4,9-10H2,1-3H3;1-2H3. The van der Waals surface area contributed by atoms with Gasteiger partial charge < -0.3 is 9.64 Å². The fourth-order valence-electron chi connectivity index (χ4n) is 1.94. The Bertz CT molecular complexity index is 456. The van der Waals surface area contributed by atoms with Crippen LogP contribution in [-0.2, 0) is 11.2 Å². The lowest BCUT2D eigenvalue weighted by atomic mass is 10.1. The van der Waals surface area contributed by atoms with Crippen molar-refractivity contribution in [2.75, 3.05) is 13.1 Å². The number of carbonyl (C=O) groups is 1. The van der Waals surface area contributed by atoms with E-state index in [1.807, 2.05) is 34.6 Å². The van der Waals surface area contributed by atoms with E-state index < -0.39 is 6.36 Å². The van der Waals surface area contributed by atoms with E-state index in [1.54, 1.807) is 4.90 Å². The highest BCUT2D eigenvalue weighted by atomic mass is 19.4. The fourth-order valence-corrected chi connectivity index (χ4v) is 1.94. The van der Waals surface area contributed by atoms with Crippen LogP contribution in [-0.4, -0.2) is 30.3 Å². The molecule has 0 radical (unpaired) electrons. The lowest BCUT2D eigenvalue weighted by Crippen LogP contribution is -2.35. The van der Waals surface area contributed by atoms with Gasteiger partial charge in [-0.1, -0.05) is 39.8 Å². The Morgan fingerprint density at radius 1 is 1.17 bits per heavy atom. The summed E-state index contributed by atoms with van der Waals surface area (Å²) in [6, 6.07) is 5.38. The second-order valence-electron chi connectivity index (χ2n) is 5.19. The number of benzene rings is 1. The molecule has 0 saturated heterocycles. The van der Waals surface area contributed by atoms with Gasteiger partial charge in [0.2, 0.25) is 5.91 Å². The minimum atomic E-state index is -4.70. The maximum atomic E-state index is 12.1. The summed E-state index contributed by atoms with van der Waals surface area (Å²) < 4.78 is 39.9. The van der Waals surface area contributed by atoms with Gasteiger partial charge in [0.25, 0.3) is 0 Å².